The van der Waals surface area contributed by atoms with Crippen LogP contribution in [0.3, 0.4) is 0 Å². The van der Waals surface area contributed by atoms with E-state index in [2.05, 4.69) is 5.32 Å². The second-order valence-corrected chi connectivity index (χ2v) is 5.73. The molecule has 0 atom stereocenters. The zero-order valence-electron chi connectivity index (χ0n) is 14.4. The van der Waals surface area contributed by atoms with E-state index in [0.717, 1.165) is 35.5 Å². The van der Waals surface area contributed by atoms with Crippen LogP contribution in [0.25, 0.3) is 0 Å². The van der Waals surface area contributed by atoms with Crippen LogP contribution in [0, 0.1) is 6.92 Å². The van der Waals surface area contributed by atoms with Gasteiger partial charge in [0.1, 0.15) is 0 Å². The summed E-state index contributed by atoms with van der Waals surface area (Å²) in [5.74, 6) is -0.911. The van der Waals surface area contributed by atoms with Crippen molar-refractivity contribution in [2.45, 2.75) is 20.0 Å². The van der Waals surface area contributed by atoms with E-state index in [1.165, 1.54) is 4.90 Å². The molecule has 0 aromatic heterocycles. The molecule has 0 aliphatic carbocycles. The van der Waals surface area contributed by atoms with Gasteiger partial charge in [-0.2, -0.15) is 13.2 Å². The van der Waals surface area contributed by atoms with Gasteiger partial charge in [-0.1, -0.05) is 12.1 Å². The number of amides is 2. The third-order valence-corrected chi connectivity index (χ3v) is 3.81. The van der Waals surface area contributed by atoms with E-state index in [0.29, 0.717) is 6.54 Å². The third kappa shape index (κ3) is 4.84. The molecule has 0 aliphatic heterocycles. The van der Waals surface area contributed by atoms with Gasteiger partial charge in [0.05, 0.1) is 12.1 Å². The van der Waals surface area contributed by atoms with Gasteiger partial charge in [0.15, 0.2) is 0 Å². The molecular weight excluding hydrogens is 345 g/mol. The number of nitrogens with zero attached hydrogens (tertiary/aromatic N) is 1. The number of carbonyl (C=O) groups excluding carboxylic acids is 2. The first-order valence-corrected chi connectivity index (χ1v) is 8.05. The number of rotatable bonds is 5. The number of aryl methyl sites for hydroxylation is 1. The fourth-order valence-electron chi connectivity index (χ4n) is 2.46. The standard InChI is InChI=1S/C19H19F3N2O2/c1-3-24(16-6-4-5-13(2)11-16)17(25)12-23-18(26)14-7-9-15(10-8-14)19(20,21)22/h4-11H,3,12H2,1-2H3,(H,23,26). The van der Waals surface area contributed by atoms with Crippen molar-refractivity contribution >= 4 is 17.5 Å². The zero-order chi connectivity index (χ0) is 19.3. The maximum absolute atomic E-state index is 12.5. The molecular formula is C19H19F3N2O2. The van der Waals surface area contributed by atoms with Gasteiger partial charge in [0, 0.05) is 17.8 Å². The Morgan fingerprint density at radius 3 is 2.27 bits per heavy atom. The summed E-state index contributed by atoms with van der Waals surface area (Å²) in [4.78, 5) is 25.9. The van der Waals surface area contributed by atoms with Crippen molar-refractivity contribution < 1.29 is 22.8 Å². The molecule has 1 N–H and O–H groups in total. The summed E-state index contributed by atoms with van der Waals surface area (Å²) in [6.07, 6.45) is -4.46. The highest BCUT2D eigenvalue weighted by Gasteiger charge is 2.30. The molecule has 2 aromatic rings. The van der Waals surface area contributed by atoms with Gasteiger partial charge in [-0.15, -0.1) is 0 Å². The Hall–Kier alpha value is -2.83. The van der Waals surface area contributed by atoms with Crippen LogP contribution in [-0.2, 0) is 11.0 Å². The first kappa shape index (κ1) is 19.5. The van der Waals surface area contributed by atoms with Crippen LogP contribution < -0.4 is 10.2 Å². The smallest absolute Gasteiger partial charge is 0.343 e. The molecule has 2 amide bonds. The van der Waals surface area contributed by atoms with Gasteiger partial charge in [0.2, 0.25) is 5.91 Å². The second kappa shape index (κ2) is 8.03. The molecule has 26 heavy (non-hydrogen) atoms. The fraction of sp³-hybridized carbons (Fsp3) is 0.263. The van der Waals surface area contributed by atoms with Crippen molar-refractivity contribution in [1.82, 2.24) is 5.32 Å². The first-order chi connectivity index (χ1) is 12.2. The Kier molecular flexibility index (Phi) is 6.02. The molecule has 0 unspecified atom stereocenters. The number of alkyl halides is 3. The lowest BCUT2D eigenvalue weighted by atomic mass is 10.1. The van der Waals surface area contributed by atoms with Gasteiger partial charge in [-0.3, -0.25) is 9.59 Å². The lowest BCUT2D eigenvalue weighted by Gasteiger charge is -2.21. The number of hydrogen-bond donors (Lipinski definition) is 1. The number of likely N-dealkylation sites (N-methyl/N-ethyl adjacent to an activating group) is 1. The molecule has 0 saturated carbocycles. The largest absolute Gasteiger partial charge is 0.416 e. The van der Waals surface area contributed by atoms with Crippen LogP contribution in [0.5, 0.6) is 0 Å². The van der Waals surface area contributed by atoms with Crippen LogP contribution >= 0.6 is 0 Å². The minimum Gasteiger partial charge on any atom is -0.343 e. The number of anilines is 1. The fourth-order valence-corrected chi connectivity index (χ4v) is 2.46. The molecule has 0 aliphatic rings. The third-order valence-electron chi connectivity index (χ3n) is 3.81. The summed E-state index contributed by atoms with van der Waals surface area (Å²) >= 11 is 0. The average Bonchev–Trinajstić information content (AvgIpc) is 2.60. The summed E-state index contributed by atoms with van der Waals surface area (Å²) in [7, 11) is 0. The number of halogens is 3. The molecule has 0 fully saturated rings. The molecule has 0 radical (unpaired) electrons. The maximum atomic E-state index is 12.5. The molecule has 2 aromatic carbocycles. The van der Waals surface area contributed by atoms with E-state index < -0.39 is 17.6 Å². The van der Waals surface area contributed by atoms with Gasteiger partial charge in [-0.05, 0) is 55.8 Å². The van der Waals surface area contributed by atoms with Crippen molar-refractivity contribution in [1.29, 1.82) is 0 Å². The van der Waals surface area contributed by atoms with Gasteiger partial charge in [-0.25, -0.2) is 0 Å². The number of carbonyl (C=O) groups is 2. The SMILES string of the molecule is CCN(C(=O)CNC(=O)c1ccc(C(F)(F)F)cc1)c1cccc(C)c1. The molecule has 7 heteroatoms. The summed E-state index contributed by atoms with van der Waals surface area (Å²) in [5, 5.41) is 2.44. The van der Waals surface area contributed by atoms with Crippen LogP contribution in [0.2, 0.25) is 0 Å². The monoisotopic (exact) mass is 364 g/mol. The van der Waals surface area contributed by atoms with Crippen molar-refractivity contribution in [3.05, 3.63) is 65.2 Å². The second-order valence-electron chi connectivity index (χ2n) is 5.73. The highest BCUT2D eigenvalue weighted by atomic mass is 19.4. The van der Waals surface area contributed by atoms with E-state index in [-0.39, 0.29) is 18.0 Å². The molecule has 2 rings (SSSR count). The van der Waals surface area contributed by atoms with Gasteiger partial charge >= 0.3 is 6.18 Å². The Morgan fingerprint density at radius 1 is 1.08 bits per heavy atom. The predicted octanol–water partition coefficient (Wildman–Crippen LogP) is 3.80. The Labute approximate surface area is 149 Å². The van der Waals surface area contributed by atoms with Crippen LogP contribution in [0.1, 0.15) is 28.4 Å². The quantitative estimate of drug-likeness (QED) is 0.877. The van der Waals surface area contributed by atoms with Crippen LogP contribution in [-0.4, -0.2) is 24.9 Å². The Bertz CT molecular complexity index is 786. The number of nitrogens with one attached hydrogen (secondary N) is 1. The van der Waals surface area contributed by atoms with Crippen molar-refractivity contribution in [3.8, 4) is 0 Å². The molecule has 0 bridgehead atoms. The number of hydrogen-bond acceptors (Lipinski definition) is 2. The molecule has 0 heterocycles. The van der Waals surface area contributed by atoms with Gasteiger partial charge < -0.3 is 10.2 Å². The first-order valence-electron chi connectivity index (χ1n) is 8.05. The molecule has 0 saturated heterocycles. The highest BCUT2D eigenvalue weighted by Crippen LogP contribution is 2.29. The van der Waals surface area contributed by atoms with E-state index in [9.17, 15) is 22.8 Å². The Morgan fingerprint density at radius 2 is 1.73 bits per heavy atom. The summed E-state index contributed by atoms with van der Waals surface area (Å²) < 4.78 is 37.6. The summed E-state index contributed by atoms with van der Waals surface area (Å²) in [5.41, 5.74) is 0.954. The van der Waals surface area contributed by atoms with Crippen LogP contribution in [0.4, 0.5) is 18.9 Å². The predicted molar refractivity (Wildman–Crippen MR) is 93.0 cm³/mol. The lowest BCUT2D eigenvalue weighted by molar-refractivity contribution is -0.137. The number of benzene rings is 2. The zero-order valence-corrected chi connectivity index (χ0v) is 14.4. The topological polar surface area (TPSA) is 49.4 Å². The Balaban J connectivity index is 2.00. The van der Waals surface area contributed by atoms with Crippen molar-refractivity contribution in [2.75, 3.05) is 18.0 Å². The van der Waals surface area contributed by atoms with E-state index in [1.54, 1.807) is 6.07 Å². The van der Waals surface area contributed by atoms with E-state index >= 15 is 0 Å². The van der Waals surface area contributed by atoms with E-state index in [1.807, 2.05) is 32.0 Å². The van der Waals surface area contributed by atoms with Crippen molar-refractivity contribution in [3.63, 3.8) is 0 Å². The average molecular weight is 364 g/mol. The lowest BCUT2D eigenvalue weighted by Crippen LogP contribution is -2.40. The maximum Gasteiger partial charge on any atom is 0.416 e. The van der Waals surface area contributed by atoms with Crippen LogP contribution in [0.15, 0.2) is 48.5 Å². The summed E-state index contributed by atoms with van der Waals surface area (Å²) in [6, 6.07) is 11.2. The minimum atomic E-state index is -4.46. The molecule has 138 valence electrons. The molecule has 0 spiro atoms. The van der Waals surface area contributed by atoms with E-state index in [4.69, 9.17) is 0 Å². The van der Waals surface area contributed by atoms with Gasteiger partial charge in [0.25, 0.3) is 5.91 Å². The molecule has 4 nitrogen and oxygen atoms in total. The minimum absolute atomic E-state index is 0.0596. The normalized spacial score (nSPS) is 11.1. The highest BCUT2D eigenvalue weighted by molar-refractivity contribution is 6.00. The van der Waals surface area contributed by atoms with Crippen molar-refractivity contribution in [2.24, 2.45) is 0 Å². The summed E-state index contributed by atoms with van der Waals surface area (Å²) in [6.45, 7) is 3.91.